The van der Waals surface area contributed by atoms with Gasteiger partial charge in [0.05, 0.1) is 19.4 Å². The summed E-state index contributed by atoms with van der Waals surface area (Å²) in [7, 11) is 1.36. The molecule has 1 saturated carbocycles. The van der Waals surface area contributed by atoms with E-state index in [0.29, 0.717) is 6.42 Å². The minimum Gasteiger partial charge on any atom is -0.469 e. The second kappa shape index (κ2) is 6.74. The van der Waals surface area contributed by atoms with Gasteiger partial charge in [0.25, 0.3) is 0 Å². The summed E-state index contributed by atoms with van der Waals surface area (Å²) in [5.74, 6) is -1.07. The third-order valence-corrected chi connectivity index (χ3v) is 4.03. The summed E-state index contributed by atoms with van der Waals surface area (Å²) in [6.07, 6.45) is 3.01. The van der Waals surface area contributed by atoms with Crippen LogP contribution in [0.2, 0.25) is 0 Å². The average molecular weight is 290 g/mol. The lowest BCUT2D eigenvalue weighted by Gasteiger charge is -2.17. The molecule has 1 aromatic carbocycles. The van der Waals surface area contributed by atoms with Gasteiger partial charge in [0, 0.05) is 0 Å². The SMILES string of the molecule is COC(=O)[C@@H](CC(=O)OCc1ccccc1)CC1(C)CC1. The first-order valence-electron chi connectivity index (χ1n) is 7.30. The molecule has 0 saturated heterocycles. The summed E-state index contributed by atoms with van der Waals surface area (Å²) < 4.78 is 10.0. The lowest BCUT2D eigenvalue weighted by atomic mass is 9.91. The molecule has 2 rings (SSSR count). The third-order valence-electron chi connectivity index (χ3n) is 4.03. The maximum Gasteiger partial charge on any atom is 0.309 e. The van der Waals surface area contributed by atoms with Crippen LogP contribution in [0.4, 0.5) is 0 Å². The van der Waals surface area contributed by atoms with Gasteiger partial charge in [-0.25, -0.2) is 0 Å². The van der Waals surface area contributed by atoms with Crippen LogP contribution in [0.25, 0.3) is 0 Å². The summed E-state index contributed by atoms with van der Waals surface area (Å²) in [5, 5.41) is 0. The highest BCUT2D eigenvalue weighted by atomic mass is 16.5. The molecule has 0 amide bonds. The zero-order valence-electron chi connectivity index (χ0n) is 12.6. The largest absolute Gasteiger partial charge is 0.469 e. The quantitative estimate of drug-likeness (QED) is 0.724. The monoisotopic (exact) mass is 290 g/mol. The van der Waals surface area contributed by atoms with Crippen LogP contribution in [0.3, 0.4) is 0 Å². The zero-order valence-corrected chi connectivity index (χ0v) is 12.6. The average Bonchev–Trinajstić information content (AvgIpc) is 3.22. The molecule has 4 nitrogen and oxygen atoms in total. The topological polar surface area (TPSA) is 52.6 Å². The number of ether oxygens (including phenoxy) is 2. The summed E-state index contributed by atoms with van der Waals surface area (Å²) in [6, 6.07) is 9.50. The highest BCUT2D eigenvalue weighted by Crippen LogP contribution is 2.50. The van der Waals surface area contributed by atoms with Crippen LogP contribution < -0.4 is 0 Å². The normalized spacial score (nSPS) is 16.9. The number of hydrogen-bond acceptors (Lipinski definition) is 4. The van der Waals surface area contributed by atoms with E-state index in [0.717, 1.165) is 18.4 Å². The van der Waals surface area contributed by atoms with Crippen LogP contribution in [0.15, 0.2) is 30.3 Å². The van der Waals surface area contributed by atoms with Crippen LogP contribution in [-0.2, 0) is 25.7 Å². The molecule has 21 heavy (non-hydrogen) atoms. The summed E-state index contributed by atoms with van der Waals surface area (Å²) in [5.41, 5.74) is 1.13. The van der Waals surface area contributed by atoms with Crippen molar-refractivity contribution in [1.29, 1.82) is 0 Å². The molecule has 0 radical (unpaired) electrons. The summed E-state index contributed by atoms with van der Waals surface area (Å²) in [6.45, 7) is 2.38. The number of hydrogen-bond donors (Lipinski definition) is 0. The van der Waals surface area contributed by atoms with Crippen molar-refractivity contribution in [2.75, 3.05) is 7.11 Å². The number of esters is 2. The van der Waals surface area contributed by atoms with E-state index >= 15 is 0 Å². The maximum absolute atomic E-state index is 11.9. The molecular weight excluding hydrogens is 268 g/mol. The van der Waals surface area contributed by atoms with Crippen LogP contribution >= 0.6 is 0 Å². The zero-order chi connectivity index (χ0) is 15.3. The molecule has 1 aliphatic rings. The standard InChI is InChI=1S/C17H22O4/c1-17(8-9-17)11-14(16(19)20-2)10-15(18)21-12-13-6-4-3-5-7-13/h3-7,14H,8-12H2,1-2H3/t14-/m0/s1. The van der Waals surface area contributed by atoms with Gasteiger partial charge in [0.2, 0.25) is 0 Å². The second-order valence-electron chi connectivity index (χ2n) is 6.09. The van der Waals surface area contributed by atoms with E-state index < -0.39 is 5.92 Å². The smallest absolute Gasteiger partial charge is 0.309 e. The number of carbonyl (C=O) groups is 2. The number of benzene rings is 1. The molecule has 1 aliphatic carbocycles. The Morgan fingerprint density at radius 3 is 2.48 bits per heavy atom. The van der Waals surface area contributed by atoms with Crippen molar-refractivity contribution in [2.24, 2.45) is 11.3 Å². The molecule has 114 valence electrons. The van der Waals surface area contributed by atoms with Gasteiger partial charge in [0.15, 0.2) is 0 Å². The lowest BCUT2D eigenvalue weighted by molar-refractivity contribution is -0.154. The van der Waals surface area contributed by atoms with E-state index in [4.69, 9.17) is 9.47 Å². The van der Waals surface area contributed by atoms with Gasteiger partial charge in [0.1, 0.15) is 6.61 Å². The number of methoxy groups -OCH3 is 1. The highest BCUT2D eigenvalue weighted by molar-refractivity contribution is 5.80. The Balaban J connectivity index is 1.84. The predicted molar refractivity (Wildman–Crippen MR) is 78.3 cm³/mol. The fourth-order valence-corrected chi connectivity index (χ4v) is 2.42. The van der Waals surface area contributed by atoms with Crippen LogP contribution in [0, 0.1) is 11.3 Å². The van der Waals surface area contributed by atoms with Crippen molar-refractivity contribution in [1.82, 2.24) is 0 Å². The van der Waals surface area contributed by atoms with Crippen molar-refractivity contribution in [2.45, 2.75) is 39.2 Å². The molecule has 0 unspecified atom stereocenters. The van der Waals surface area contributed by atoms with Crippen molar-refractivity contribution in [3.05, 3.63) is 35.9 Å². The molecule has 0 N–H and O–H groups in total. The van der Waals surface area contributed by atoms with E-state index in [1.807, 2.05) is 30.3 Å². The minimum atomic E-state index is -0.397. The minimum absolute atomic E-state index is 0.0924. The van der Waals surface area contributed by atoms with Crippen LogP contribution in [-0.4, -0.2) is 19.0 Å². The first kappa shape index (κ1) is 15.5. The van der Waals surface area contributed by atoms with Crippen LogP contribution in [0.1, 0.15) is 38.2 Å². The summed E-state index contributed by atoms with van der Waals surface area (Å²) >= 11 is 0. The maximum atomic E-state index is 11.9. The number of carbonyl (C=O) groups excluding carboxylic acids is 2. The van der Waals surface area contributed by atoms with Gasteiger partial charge in [-0.1, -0.05) is 37.3 Å². The Kier molecular flexibility index (Phi) is 4.99. The van der Waals surface area contributed by atoms with Gasteiger partial charge >= 0.3 is 11.9 Å². The fraction of sp³-hybridized carbons (Fsp3) is 0.529. The van der Waals surface area contributed by atoms with Crippen molar-refractivity contribution >= 4 is 11.9 Å². The Hall–Kier alpha value is -1.84. The first-order valence-corrected chi connectivity index (χ1v) is 7.30. The molecule has 1 aromatic rings. The molecule has 1 atom stereocenters. The Labute approximate surface area is 125 Å². The van der Waals surface area contributed by atoms with E-state index in [1.54, 1.807) is 0 Å². The first-order chi connectivity index (χ1) is 10.0. The Morgan fingerprint density at radius 1 is 1.24 bits per heavy atom. The van der Waals surface area contributed by atoms with E-state index in [1.165, 1.54) is 7.11 Å². The van der Waals surface area contributed by atoms with E-state index in [9.17, 15) is 9.59 Å². The molecule has 0 aliphatic heterocycles. The van der Waals surface area contributed by atoms with Gasteiger partial charge in [-0.05, 0) is 30.2 Å². The Morgan fingerprint density at radius 2 is 1.90 bits per heavy atom. The molecule has 1 fully saturated rings. The molecule has 0 spiro atoms. The van der Waals surface area contributed by atoms with Gasteiger partial charge in [-0.15, -0.1) is 0 Å². The van der Waals surface area contributed by atoms with Gasteiger partial charge in [-0.2, -0.15) is 0 Å². The third kappa shape index (κ3) is 4.88. The predicted octanol–water partition coefficient (Wildman–Crippen LogP) is 3.10. The van der Waals surface area contributed by atoms with Gasteiger partial charge in [-0.3, -0.25) is 9.59 Å². The van der Waals surface area contributed by atoms with E-state index in [-0.39, 0.29) is 30.4 Å². The lowest BCUT2D eigenvalue weighted by Crippen LogP contribution is -2.23. The fourth-order valence-electron chi connectivity index (χ4n) is 2.42. The van der Waals surface area contributed by atoms with Crippen molar-refractivity contribution in [3.63, 3.8) is 0 Å². The number of rotatable bonds is 7. The molecule has 0 bridgehead atoms. The molecule has 0 aromatic heterocycles. The summed E-state index contributed by atoms with van der Waals surface area (Å²) in [4.78, 5) is 23.7. The van der Waals surface area contributed by atoms with E-state index in [2.05, 4.69) is 6.92 Å². The molecule has 4 heteroatoms. The van der Waals surface area contributed by atoms with Crippen molar-refractivity contribution in [3.8, 4) is 0 Å². The van der Waals surface area contributed by atoms with Crippen molar-refractivity contribution < 1.29 is 19.1 Å². The molecular formula is C17H22O4. The van der Waals surface area contributed by atoms with Gasteiger partial charge < -0.3 is 9.47 Å². The highest BCUT2D eigenvalue weighted by Gasteiger charge is 2.41. The van der Waals surface area contributed by atoms with Crippen LogP contribution in [0.5, 0.6) is 0 Å². The Bertz CT molecular complexity index is 491. The second-order valence-corrected chi connectivity index (χ2v) is 6.09. The molecule has 0 heterocycles.